The molecule has 0 aliphatic carbocycles. The number of unbranched alkanes of at least 4 members (excludes halogenated alkanes) is 2. The van der Waals surface area contributed by atoms with Gasteiger partial charge in [0.1, 0.15) is 0 Å². The average molecular weight is 323 g/mol. The second-order valence-electron chi connectivity index (χ2n) is 2.64. The summed E-state index contributed by atoms with van der Waals surface area (Å²) in [4.78, 5) is 16.5. The zero-order chi connectivity index (χ0) is 12.4. The van der Waals surface area contributed by atoms with Gasteiger partial charge in [-0.05, 0) is 0 Å². The van der Waals surface area contributed by atoms with Gasteiger partial charge < -0.3 is 19.8 Å². The fourth-order valence-electron chi connectivity index (χ4n) is 0.729. The molecule has 0 amide bonds. The minimum absolute atomic E-state index is 0.149. The fraction of sp³-hybridized carbons (Fsp3) is 0.800. The topological polar surface area (TPSA) is 74.6 Å². The van der Waals surface area contributed by atoms with E-state index >= 15 is 0 Å². The van der Waals surface area contributed by atoms with Crippen molar-refractivity contribution in [1.29, 1.82) is 0 Å². The van der Waals surface area contributed by atoms with Gasteiger partial charge in [-0.15, -0.1) is 0 Å². The maximum absolute atomic E-state index is 8.24. The van der Waals surface area contributed by atoms with Gasteiger partial charge in [0.2, 0.25) is 0 Å². The second-order valence-corrected chi connectivity index (χ2v) is 6.92. The molecule has 5 heteroatoms. The fourth-order valence-corrected chi connectivity index (χ4v) is 4.89. The Labute approximate surface area is 102 Å². The van der Waals surface area contributed by atoms with Gasteiger partial charge in [-0.25, -0.2) is 0 Å². The summed E-state index contributed by atoms with van der Waals surface area (Å²) in [6, 6.07) is 0. The first kappa shape index (κ1) is 20.2. The van der Waals surface area contributed by atoms with Crippen LogP contribution in [0, 0.1) is 0 Å². The van der Waals surface area contributed by atoms with Crippen LogP contribution in [-0.2, 0) is 9.59 Å². The molecule has 88 valence electrons. The Balaban J connectivity index is -0.000000200. The van der Waals surface area contributed by atoms with Crippen LogP contribution in [0.15, 0.2) is 0 Å². The van der Waals surface area contributed by atoms with E-state index in [4.69, 9.17) is 19.8 Å². The van der Waals surface area contributed by atoms with Gasteiger partial charge in [0.25, 0.3) is 0 Å². The third-order valence-corrected chi connectivity index (χ3v) is 5.45. The molecule has 0 heterocycles. The predicted molar refractivity (Wildman–Crippen MR) is 61.8 cm³/mol. The molecule has 15 heavy (non-hydrogen) atoms. The Bertz CT molecular complexity index is 97.6. The van der Waals surface area contributed by atoms with Gasteiger partial charge in [0.05, 0.1) is 0 Å². The van der Waals surface area contributed by atoms with Crippen molar-refractivity contribution in [3.63, 3.8) is 0 Å². The van der Waals surface area contributed by atoms with Crippen LogP contribution in [-0.4, -0.2) is 44.3 Å². The molecule has 4 nitrogen and oxygen atoms in total. The maximum Gasteiger partial charge on any atom is -0.0744 e. The normalized spacial score (nSPS) is 7.07. The summed E-state index contributed by atoms with van der Waals surface area (Å²) in [5, 5.41) is 13.5. The summed E-state index contributed by atoms with van der Waals surface area (Å²) in [7, 11) is 0. The summed E-state index contributed by atoms with van der Waals surface area (Å²) in [6.07, 6.45) is 5.84. The van der Waals surface area contributed by atoms with Crippen molar-refractivity contribution in [2.45, 2.75) is 48.4 Å². The summed E-state index contributed by atoms with van der Waals surface area (Å²) in [5.41, 5.74) is 0. The molecule has 0 aromatic rings. The van der Waals surface area contributed by atoms with Crippen molar-refractivity contribution in [2.24, 2.45) is 0 Å². The van der Waals surface area contributed by atoms with E-state index in [1.54, 1.807) is 8.87 Å². The summed E-state index contributed by atoms with van der Waals surface area (Å²) >= 11 is 0.149. The molecule has 0 rings (SSSR count). The van der Waals surface area contributed by atoms with Crippen LogP contribution >= 0.6 is 0 Å². The van der Waals surface area contributed by atoms with E-state index in [2.05, 4.69) is 13.8 Å². The molecule has 0 spiro atoms. The van der Waals surface area contributed by atoms with E-state index in [0.717, 1.165) is 0 Å². The van der Waals surface area contributed by atoms with Crippen LogP contribution in [0.3, 0.4) is 0 Å². The zero-order valence-electron chi connectivity index (χ0n) is 9.45. The molecule has 0 unspecified atom stereocenters. The van der Waals surface area contributed by atoms with Crippen LogP contribution < -0.4 is 0 Å². The summed E-state index contributed by atoms with van der Waals surface area (Å²) in [6.45, 7) is 5.58. The van der Waals surface area contributed by atoms with E-state index < -0.39 is 0 Å². The first-order valence-corrected chi connectivity index (χ1v) is 9.01. The van der Waals surface area contributed by atoms with Crippen LogP contribution in [0.25, 0.3) is 0 Å². The van der Waals surface area contributed by atoms with Crippen molar-refractivity contribution < 1.29 is 19.8 Å². The number of rotatable bonds is 6. The van der Waals surface area contributed by atoms with Gasteiger partial charge in [0, 0.05) is 0 Å². The van der Waals surface area contributed by atoms with Gasteiger partial charge in [0.15, 0.2) is 0 Å². The monoisotopic (exact) mass is 324 g/mol. The molecule has 0 radical (unpaired) electrons. The minimum Gasteiger partial charge on any atom is -0.665 e. The first-order chi connectivity index (χ1) is 7.24. The van der Waals surface area contributed by atoms with Gasteiger partial charge in [-0.1, -0.05) is 12.9 Å². The maximum atomic E-state index is 8.24. The Morgan fingerprint density at radius 3 is 1.40 bits per heavy atom. The van der Waals surface area contributed by atoms with Crippen LogP contribution in [0.1, 0.15) is 39.5 Å². The van der Waals surface area contributed by atoms with E-state index in [-0.39, 0.29) is 21.1 Å². The smallest absolute Gasteiger partial charge is 0.0744 e. The number of hydrogen-bond acceptors (Lipinski definition) is 2. The number of hydrogen-bond donors (Lipinski definition) is 2. The standard InChI is InChI=1S/2C4H9.2CHO2.Sn/c2*1-3-4-2;2*2-1-3;/h2*1,3-4H2,2H3;2*(H,2,3);/q;;2*-1;+2. The Kier molecular flexibility index (Phi) is 39.3. The number of aliphatic hydroxyl groups excluding tert-OH is 2. The van der Waals surface area contributed by atoms with Gasteiger partial charge in [-0.3, -0.25) is 0 Å². The minimum atomic E-state index is 0.149. The Morgan fingerprint density at radius 1 is 0.933 bits per heavy atom. The molecule has 0 aromatic heterocycles. The predicted octanol–water partition coefficient (Wildman–Crippen LogP) is 2.35. The van der Waals surface area contributed by atoms with E-state index in [1.807, 2.05) is 0 Å². The quantitative estimate of drug-likeness (QED) is 0.447. The van der Waals surface area contributed by atoms with Gasteiger partial charge in [-0.2, -0.15) is 0 Å². The van der Waals surface area contributed by atoms with E-state index in [9.17, 15) is 0 Å². The van der Waals surface area contributed by atoms with Crippen molar-refractivity contribution >= 4 is 34.1 Å². The molecule has 0 aromatic carbocycles. The van der Waals surface area contributed by atoms with Crippen LogP contribution in [0.4, 0.5) is 0 Å². The molecule has 0 atom stereocenters. The third-order valence-electron chi connectivity index (χ3n) is 1.41. The average Bonchev–Trinajstić information content (AvgIpc) is 2.20. The van der Waals surface area contributed by atoms with Crippen molar-refractivity contribution in [1.82, 2.24) is 0 Å². The SMILES string of the molecule is CCC[CH2][Sn+2][CH2]CCC.O=[C-]O.O=[C-]O. The van der Waals surface area contributed by atoms with Crippen molar-refractivity contribution in [3.8, 4) is 0 Å². The Hall–Kier alpha value is -0.261. The first-order valence-electron chi connectivity index (χ1n) is 4.98. The molecular formula is C10H20O4Sn. The third kappa shape index (κ3) is 57.5. The van der Waals surface area contributed by atoms with Crippen molar-refractivity contribution in [3.05, 3.63) is 0 Å². The summed E-state index contributed by atoms with van der Waals surface area (Å²) in [5.74, 6) is 0. The molecule has 0 aliphatic heterocycles. The van der Waals surface area contributed by atoms with Crippen molar-refractivity contribution in [2.75, 3.05) is 0 Å². The molecular weight excluding hydrogens is 303 g/mol. The molecule has 0 saturated heterocycles. The molecule has 2 N–H and O–H groups in total. The van der Waals surface area contributed by atoms with Crippen LogP contribution in [0.2, 0.25) is 8.87 Å². The molecule has 0 saturated carbocycles. The molecule has 0 aliphatic rings. The largest absolute Gasteiger partial charge is 0.665 e. The van der Waals surface area contributed by atoms with E-state index in [1.165, 1.54) is 25.7 Å². The molecule has 0 fully saturated rings. The summed E-state index contributed by atoms with van der Waals surface area (Å²) < 4.78 is 3.25. The van der Waals surface area contributed by atoms with Crippen LogP contribution in [0.5, 0.6) is 0 Å². The molecule has 0 bridgehead atoms. The second kappa shape index (κ2) is 29.2. The zero-order valence-corrected chi connectivity index (χ0v) is 12.3. The van der Waals surface area contributed by atoms with Gasteiger partial charge >= 0.3 is 69.5 Å². The Morgan fingerprint density at radius 2 is 1.20 bits per heavy atom. The van der Waals surface area contributed by atoms with E-state index in [0.29, 0.717) is 12.9 Å².